The number of likely N-dealkylation sites (tertiary alicyclic amines) is 1. The van der Waals surface area contributed by atoms with E-state index in [1.807, 2.05) is 17.0 Å². The first-order valence-electron chi connectivity index (χ1n) is 17.1. The molecule has 0 spiro atoms. The van der Waals surface area contributed by atoms with Crippen molar-refractivity contribution in [3.05, 3.63) is 35.7 Å². The van der Waals surface area contributed by atoms with E-state index in [0.29, 0.717) is 36.7 Å². The molecule has 238 valence electrons. The number of piperidine rings is 1. The van der Waals surface area contributed by atoms with Crippen LogP contribution < -0.4 is 15.5 Å². The summed E-state index contributed by atoms with van der Waals surface area (Å²) >= 11 is 0. The zero-order chi connectivity index (χ0) is 30.5. The van der Waals surface area contributed by atoms with Crippen molar-refractivity contribution in [3.8, 4) is 0 Å². The van der Waals surface area contributed by atoms with Gasteiger partial charge in [0.15, 0.2) is 0 Å². The molecule has 43 heavy (non-hydrogen) atoms. The number of nitrogens with two attached hydrogens (primary N) is 1. The van der Waals surface area contributed by atoms with Crippen molar-refractivity contribution in [3.63, 3.8) is 0 Å². The van der Waals surface area contributed by atoms with Gasteiger partial charge < -0.3 is 25.5 Å². The molecule has 1 saturated heterocycles. The molecule has 0 radical (unpaired) electrons. The van der Waals surface area contributed by atoms with Gasteiger partial charge in [-0.3, -0.25) is 9.79 Å². The summed E-state index contributed by atoms with van der Waals surface area (Å²) in [5, 5.41) is 11.6. The third-order valence-electron chi connectivity index (χ3n) is 10.5. The summed E-state index contributed by atoms with van der Waals surface area (Å²) in [7, 11) is 0. The Morgan fingerprint density at radius 1 is 1.09 bits per heavy atom. The van der Waals surface area contributed by atoms with Crippen molar-refractivity contribution < 1.29 is 14.3 Å². The second-order valence-electron chi connectivity index (χ2n) is 13.9. The maximum Gasteiger partial charge on any atom is 0.225 e. The van der Waals surface area contributed by atoms with Gasteiger partial charge in [0.1, 0.15) is 11.7 Å². The van der Waals surface area contributed by atoms with Crippen LogP contribution in [0.4, 0.5) is 15.8 Å². The minimum absolute atomic E-state index is 0.0560. The highest BCUT2D eigenvalue weighted by Gasteiger charge is 2.41. The van der Waals surface area contributed by atoms with Gasteiger partial charge in [-0.25, -0.2) is 4.39 Å². The fraction of sp³-hybridized carbons (Fsp3) is 0.714. The molecule has 3 aliphatic heterocycles. The maximum absolute atomic E-state index is 14.4. The first kappa shape index (κ1) is 31.8. The molecule has 2 fully saturated rings. The predicted molar refractivity (Wildman–Crippen MR) is 174 cm³/mol. The lowest BCUT2D eigenvalue weighted by molar-refractivity contribution is -0.137. The monoisotopic (exact) mass is 595 g/mol. The quantitative estimate of drug-likeness (QED) is 0.307. The van der Waals surface area contributed by atoms with Gasteiger partial charge in [-0.1, -0.05) is 52.0 Å². The van der Waals surface area contributed by atoms with Crippen molar-refractivity contribution in [1.82, 2.24) is 4.90 Å². The summed E-state index contributed by atoms with van der Waals surface area (Å²) in [5.74, 6) is 2.18. The van der Waals surface area contributed by atoms with E-state index in [1.165, 1.54) is 43.7 Å². The Balaban J connectivity index is 1.17. The number of hydrogen-bond donors (Lipinski definition) is 2. The molecule has 4 atom stereocenters. The van der Waals surface area contributed by atoms with Crippen LogP contribution in [-0.4, -0.2) is 60.3 Å². The number of dihydropyridines is 1. The summed E-state index contributed by atoms with van der Waals surface area (Å²) in [6.45, 7) is 9.60. The number of aliphatic hydroxyl groups excluding tert-OH is 1. The lowest BCUT2D eigenvalue weighted by atomic mass is 9.85. The summed E-state index contributed by atoms with van der Waals surface area (Å²) in [6, 6.07) is 5.04. The number of amides is 1. The smallest absolute Gasteiger partial charge is 0.225 e. The number of fused-ring (bicyclic) bond motifs is 1. The van der Waals surface area contributed by atoms with Gasteiger partial charge in [0.2, 0.25) is 12.3 Å². The number of aliphatic hydroxyl groups is 1. The van der Waals surface area contributed by atoms with Crippen LogP contribution in [0.3, 0.4) is 0 Å². The maximum atomic E-state index is 14.4. The van der Waals surface area contributed by atoms with Crippen molar-refractivity contribution >= 4 is 23.1 Å². The molecule has 0 bridgehead atoms. The number of aliphatic imine (C=N–C) groups is 1. The average Bonchev–Trinajstić information content (AvgIpc) is 3.27. The molecule has 7 nitrogen and oxygen atoms in total. The van der Waals surface area contributed by atoms with Gasteiger partial charge in [0.05, 0.1) is 11.4 Å². The third kappa shape index (κ3) is 7.55. The van der Waals surface area contributed by atoms with Crippen LogP contribution in [0.25, 0.3) is 0 Å². The minimum atomic E-state index is -0.788. The standard InChI is InChI=1S/C35H54FN5O2/c1-4-8-27(12-11-24(2)19-28-20-33(37)38-22-25(28)3)34(42)39-17-15-30(16-18-39)41-31-14-13-29(36)21-32(31)40(35(41)43)23-26-9-6-5-7-10-26/h13-14,20-21,24-27,30,35,43H,4-12,15-19,22-23H2,1-3H3,(H2,37,38). The average molecular weight is 596 g/mol. The summed E-state index contributed by atoms with van der Waals surface area (Å²) in [5.41, 5.74) is 9.08. The predicted octanol–water partition coefficient (Wildman–Crippen LogP) is 6.46. The van der Waals surface area contributed by atoms with Crippen LogP contribution >= 0.6 is 0 Å². The number of benzene rings is 1. The van der Waals surface area contributed by atoms with E-state index in [-0.39, 0.29) is 23.7 Å². The number of halogens is 1. The fourth-order valence-corrected chi connectivity index (χ4v) is 7.92. The van der Waals surface area contributed by atoms with Crippen LogP contribution in [0.5, 0.6) is 0 Å². The zero-order valence-electron chi connectivity index (χ0n) is 26.7. The van der Waals surface area contributed by atoms with Gasteiger partial charge in [-0.05, 0) is 93.4 Å². The summed E-state index contributed by atoms with van der Waals surface area (Å²) in [6.07, 6.45) is 13.9. The highest BCUT2D eigenvalue weighted by atomic mass is 19.1. The normalized spacial score (nSPS) is 24.9. The fourth-order valence-electron chi connectivity index (χ4n) is 7.92. The molecule has 1 aromatic rings. The molecule has 8 heteroatoms. The second-order valence-corrected chi connectivity index (χ2v) is 13.9. The van der Waals surface area contributed by atoms with E-state index in [4.69, 9.17) is 5.73 Å². The molecule has 3 N–H and O–H groups in total. The van der Waals surface area contributed by atoms with Crippen LogP contribution in [0.1, 0.15) is 97.8 Å². The van der Waals surface area contributed by atoms with E-state index in [9.17, 15) is 14.3 Å². The van der Waals surface area contributed by atoms with Crippen LogP contribution in [-0.2, 0) is 4.79 Å². The highest BCUT2D eigenvalue weighted by molar-refractivity contribution is 5.92. The Morgan fingerprint density at radius 3 is 2.56 bits per heavy atom. The molecule has 1 aromatic carbocycles. The molecule has 1 amide bonds. The largest absolute Gasteiger partial charge is 0.384 e. The van der Waals surface area contributed by atoms with Crippen molar-refractivity contribution in [2.24, 2.45) is 34.4 Å². The van der Waals surface area contributed by atoms with Gasteiger partial charge in [0.25, 0.3) is 0 Å². The molecular formula is C35H54FN5O2. The van der Waals surface area contributed by atoms with Gasteiger partial charge in [-0.2, -0.15) is 0 Å². The highest BCUT2D eigenvalue weighted by Crippen LogP contribution is 2.43. The Bertz CT molecular complexity index is 1160. The van der Waals surface area contributed by atoms with Gasteiger partial charge >= 0.3 is 0 Å². The number of anilines is 2. The number of nitrogens with zero attached hydrogens (tertiary/aromatic N) is 4. The van der Waals surface area contributed by atoms with E-state index in [0.717, 1.165) is 69.4 Å². The Labute approximate surface area is 258 Å². The number of hydrogen-bond acceptors (Lipinski definition) is 6. The van der Waals surface area contributed by atoms with E-state index in [1.54, 1.807) is 6.07 Å². The lowest BCUT2D eigenvalue weighted by Crippen LogP contribution is -2.54. The first-order valence-corrected chi connectivity index (χ1v) is 17.1. The topological polar surface area (TPSA) is 85.4 Å². The summed E-state index contributed by atoms with van der Waals surface area (Å²) < 4.78 is 14.4. The molecule has 0 aromatic heterocycles. The van der Waals surface area contributed by atoms with Gasteiger partial charge in [-0.15, -0.1) is 0 Å². The third-order valence-corrected chi connectivity index (χ3v) is 10.5. The molecule has 3 heterocycles. The van der Waals surface area contributed by atoms with Crippen LogP contribution in [0.2, 0.25) is 0 Å². The van der Waals surface area contributed by atoms with Crippen molar-refractivity contribution in [2.75, 3.05) is 36.0 Å². The van der Waals surface area contributed by atoms with Crippen LogP contribution in [0, 0.1) is 29.5 Å². The molecule has 4 aliphatic rings. The van der Waals surface area contributed by atoms with Gasteiger partial charge in [0, 0.05) is 38.1 Å². The Hall–Kier alpha value is -2.61. The zero-order valence-corrected chi connectivity index (χ0v) is 26.7. The second kappa shape index (κ2) is 14.4. The van der Waals surface area contributed by atoms with E-state index in [2.05, 4.69) is 35.6 Å². The van der Waals surface area contributed by atoms with E-state index < -0.39 is 6.35 Å². The SMILES string of the molecule is CCCC(CCC(C)CC1=CC(N)=NCC1C)C(=O)N1CCC(N2c3ccc(F)cc3N(CC3CCCCC3)C2O)CC1. The molecular weight excluding hydrogens is 541 g/mol. The Kier molecular flexibility index (Phi) is 10.7. The van der Waals surface area contributed by atoms with Crippen LogP contribution in [0.15, 0.2) is 34.8 Å². The molecule has 4 unspecified atom stereocenters. The first-order chi connectivity index (χ1) is 20.7. The van der Waals surface area contributed by atoms with Crippen molar-refractivity contribution in [2.45, 2.75) is 110 Å². The minimum Gasteiger partial charge on any atom is -0.384 e. The van der Waals surface area contributed by atoms with E-state index >= 15 is 0 Å². The Morgan fingerprint density at radius 2 is 1.84 bits per heavy atom. The molecule has 1 saturated carbocycles. The van der Waals surface area contributed by atoms with Crippen molar-refractivity contribution in [1.29, 1.82) is 0 Å². The number of carbonyl (C=O) groups excluding carboxylic acids is 1. The summed E-state index contributed by atoms with van der Waals surface area (Å²) in [4.78, 5) is 24.3. The molecule has 5 rings (SSSR count). The lowest BCUT2D eigenvalue weighted by Gasteiger charge is -2.41. The number of carbonyl (C=O) groups is 1. The molecule has 1 aliphatic carbocycles. The number of rotatable bonds is 11. The number of amidine groups is 1.